The van der Waals surface area contributed by atoms with Crippen molar-refractivity contribution in [1.29, 1.82) is 0 Å². The fraction of sp³-hybridized carbons (Fsp3) is 0.333. The van der Waals surface area contributed by atoms with E-state index in [1.54, 1.807) is 6.92 Å². The predicted octanol–water partition coefficient (Wildman–Crippen LogP) is 2.13. The quantitative estimate of drug-likeness (QED) is 0.387. The van der Waals surface area contributed by atoms with Crippen LogP contribution in [0.4, 0.5) is 0 Å². The zero-order chi connectivity index (χ0) is 20.1. The van der Waals surface area contributed by atoms with Gasteiger partial charge in [0.2, 0.25) is 0 Å². The number of hydrogen-bond donors (Lipinski definition) is 2. The number of carboxylic acids is 1. The average molecular weight is 385 g/mol. The highest BCUT2D eigenvalue weighted by Gasteiger charge is 2.51. The van der Waals surface area contributed by atoms with Gasteiger partial charge in [-0.1, -0.05) is 48.5 Å². The van der Waals surface area contributed by atoms with E-state index in [2.05, 4.69) is 0 Å². The van der Waals surface area contributed by atoms with Crippen molar-refractivity contribution in [2.24, 2.45) is 5.73 Å². The fourth-order valence-electron chi connectivity index (χ4n) is 3.47. The normalized spacial score (nSPS) is 14.8. The zero-order valence-electron chi connectivity index (χ0n) is 15.6. The first-order valence-corrected chi connectivity index (χ1v) is 9.12. The van der Waals surface area contributed by atoms with Crippen molar-refractivity contribution in [3.8, 4) is 11.1 Å². The summed E-state index contributed by atoms with van der Waals surface area (Å²) < 4.78 is 15.7. The molecule has 0 radical (unpaired) electrons. The van der Waals surface area contributed by atoms with Gasteiger partial charge in [0.25, 0.3) is 0 Å². The van der Waals surface area contributed by atoms with Gasteiger partial charge >= 0.3 is 17.7 Å². The average Bonchev–Trinajstić information content (AvgIpc) is 3.03. The summed E-state index contributed by atoms with van der Waals surface area (Å²) in [7, 11) is 0. The molecule has 7 heteroatoms. The third-order valence-corrected chi connectivity index (χ3v) is 4.66. The Kier molecular flexibility index (Phi) is 6.08. The van der Waals surface area contributed by atoms with Crippen molar-refractivity contribution in [3.05, 3.63) is 59.7 Å². The van der Waals surface area contributed by atoms with Crippen molar-refractivity contribution in [1.82, 2.24) is 0 Å². The van der Waals surface area contributed by atoms with Crippen molar-refractivity contribution in [2.45, 2.75) is 18.6 Å². The van der Waals surface area contributed by atoms with Crippen LogP contribution in [0.2, 0.25) is 0 Å². The molecule has 0 saturated heterocycles. The van der Waals surface area contributed by atoms with Gasteiger partial charge in [0.05, 0.1) is 6.61 Å². The van der Waals surface area contributed by atoms with E-state index >= 15 is 0 Å². The number of ether oxygens (including phenoxy) is 3. The molecule has 1 aliphatic carbocycles. The van der Waals surface area contributed by atoms with Gasteiger partial charge in [0.15, 0.2) is 0 Å². The Morgan fingerprint density at radius 2 is 1.61 bits per heavy atom. The Balaban J connectivity index is 1.84. The van der Waals surface area contributed by atoms with E-state index in [1.807, 2.05) is 48.5 Å². The Hall–Kier alpha value is -2.74. The molecule has 28 heavy (non-hydrogen) atoms. The minimum Gasteiger partial charge on any atom is -0.477 e. The number of rotatable bonds is 9. The zero-order valence-corrected chi connectivity index (χ0v) is 15.6. The van der Waals surface area contributed by atoms with E-state index in [1.165, 1.54) is 0 Å². The van der Waals surface area contributed by atoms with Crippen LogP contribution in [-0.2, 0) is 23.8 Å². The number of carbonyl (C=O) groups is 2. The molecule has 2 aromatic rings. The van der Waals surface area contributed by atoms with Gasteiger partial charge in [-0.25, -0.2) is 9.59 Å². The molecule has 1 unspecified atom stereocenters. The minimum absolute atomic E-state index is 0.0268. The molecule has 3 N–H and O–H groups in total. The predicted molar refractivity (Wildman–Crippen MR) is 102 cm³/mol. The summed E-state index contributed by atoms with van der Waals surface area (Å²) in [5.41, 5.74) is 9.59. The number of carbonyl (C=O) groups excluding carboxylic acids is 1. The number of hydrogen-bond acceptors (Lipinski definition) is 6. The molecule has 2 aromatic carbocycles. The summed E-state index contributed by atoms with van der Waals surface area (Å²) in [6, 6.07) is 15.7. The number of benzene rings is 2. The van der Waals surface area contributed by atoms with E-state index in [4.69, 9.17) is 19.9 Å². The lowest BCUT2D eigenvalue weighted by molar-refractivity contribution is -0.249. The fourth-order valence-corrected chi connectivity index (χ4v) is 3.47. The van der Waals surface area contributed by atoms with E-state index in [0.717, 1.165) is 22.3 Å². The first-order chi connectivity index (χ1) is 13.5. The van der Waals surface area contributed by atoms with Crippen molar-refractivity contribution < 1.29 is 28.9 Å². The highest BCUT2D eigenvalue weighted by molar-refractivity contribution is 6.01. The maximum Gasteiger partial charge on any atom is 0.379 e. The third kappa shape index (κ3) is 3.52. The van der Waals surface area contributed by atoms with Crippen LogP contribution in [0.5, 0.6) is 0 Å². The van der Waals surface area contributed by atoms with Crippen LogP contribution in [0.25, 0.3) is 11.1 Å². The van der Waals surface area contributed by atoms with Gasteiger partial charge in [-0.15, -0.1) is 0 Å². The molecule has 0 fully saturated rings. The number of carboxylic acid groups (broad SMARTS) is 1. The van der Waals surface area contributed by atoms with Gasteiger partial charge in [-0.2, -0.15) is 0 Å². The number of nitrogens with two attached hydrogens (primary N) is 1. The maximum atomic E-state index is 12.7. The van der Waals surface area contributed by atoms with Crippen LogP contribution >= 0.6 is 0 Å². The number of aliphatic carboxylic acids is 1. The second kappa shape index (κ2) is 8.52. The highest BCUT2D eigenvalue weighted by Crippen LogP contribution is 2.44. The summed E-state index contributed by atoms with van der Waals surface area (Å²) in [6.45, 7) is 1.39. The smallest absolute Gasteiger partial charge is 0.379 e. The Morgan fingerprint density at radius 3 is 2.11 bits per heavy atom. The first-order valence-electron chi connectivity index (χ1n) is 9.12. The van der Waals surface area contributed by atoms with Gasteiger partial charge < -0.3 is 25.1 Å². The first kappa shape index (κ1) is 20.0. The Labute approximate surface area is 163 Å². The minimum atomic E-state index is -2.52. The maximum absolute atomic E-state index is 12.7. The Morgan fingerprint density at radius 1 is 1.04 bits per heavy atom. The van der Waals surface area contributed by atoms with Crippen molar-refractivity contribution in [3.63, 3.8) is 0 Å². The van der Waals surface area contributed by atoms with Crippen LogP contribution in [0.3, 0.4) is 0 Å². The number of fused-ring (bicyclic) bond motifs is 3. The molecule has 1 atom stereocenters. The second-order valence-electron chi connectivity index (χ2n) is 6.32. The monoisotopic (exact) mass is 385 g/mol. The standard InChI is InChI=1S/C21H23NO6/c1-2-27-21(19(23)24,28-12-11-22)20(25)26-13-18-16-9-5-3-7-14(16)15-8-4-6-10-17(15)18/h3-10,18H,2,11-13,22H2,1H3,(H,23,24). The highest BCUT2D eigenvalue weighted by atomic mass is 16.7. The topological polar surface area (TPSA) is 108 Å². The van der Waals surface area contributed by atoms with Crippen LogP contribution in [-0.4, -0.2) is 49.2 Å². The summed E-state index contributed by atoms with van der Waals surface area (Å²) >= 11 is 0. The molecule has 0 aromatic heterocycles. The van der Waals surface area contributed by atoms with Crippen molar-refractivity contribution >= 4 is 11.9 Å². The molecule has 0 aliphatic heterocycles. The van der Waals surface area contributed by atoms with Gasteiger partial charge in [-0.3, -0.25) is 0 Å². The summed E-state index contributed by atoms with van der Waals surface area (Å²) in [4.78, 5) is 24.4. The number of esters is 1. The van der Waals surface area contributed by atoms with E-state index < -0.39 is 17.7 Å². The summed E-state index contributed by atoms with van der Waals surface area (Å²) in [5, 5.41) is 9.57. The molecule has 148 valence electrons. The molecular formula is C21H23NO6. The molecule has 0 spiro atoms. The van der Waals surface area contributed by atoms with Crippen LogP contribution in [0.1, 0.15) is 24.0 Å². The van der Waals surface area contributed by atoms with Gasteiger partial charge in [0, 0.05) is 19.1 Å². The molecule has 0 amide bonds. The lowest BCUT2D eigenvalue weighted by Crippen LogP contribution is -2.53. The van der Waals surface area contributed by atoms with Gasteiger partial charge in [-0.05, 0) is 29.2 Å². The van der Waals surface area contributed by atoms with Gasteiger partial charge in [0.1, 0.15) is 6.61 Å². The Bertz CT molecular complexity index is 822. The third-order valence-electron chi connectivity index (χ3n) is 4.66. The molecular weight excluding hydrogens is 362 g/mol. The largest absolute Gasteiger partial charge is 0.477 e. The molecule has 1 aliphatic rings. The molecule has 7 nitrogen and oxygen atoms in total. The van der Waals surface area contributed by atoms with E-state index in [9.17, 15) is 14.7 Å². The summed E-state index contributed by atoms with van der Waals surface area (Å²) in [6.07, 6.45) is 0. The van der Waals surface area contributed by atoms with E-state index in [-0.39, 0.29) is 32.3 Å². The lowest BCUT2D eigenvalue weighted by atomic mass is 9.98. The summed E-state index contributed by atoms with van der Waals surface area (Å²) in [5.74, 6) is -5.39. The van der Waals surface area contributed by atoms with E-state index in [0.29, 0.717) is 0 Å². The van der Waals surface area contributed by atoms with Crippen LogP contribution in [0.15, 0.2) is 48.5 Å². The lowest BCUT2D eigenvalue weighted by Gasteiger charge is -2.27. The molecule has 3 rings (SSSR count). The molecule has 0 heterocycles. The van der Waals surface area contributed by atoms with Crippen molar-refractivity contribution in [2.75, 3.05) is 26.4 Å². The van der Waals surface area contributed by atoms with Crippen LogP contribution < -0.4 is 5.73 Å². The molecule has 0 saturated carbocycles. The SMILES string of the molecule is CCOC(OCCN)(C(=O)O)C(=O)OCC1c2ccccc2-c2ccccc21. The molecule has 0 bridgehead atoms. The van der Waals surface area contributed by atoms with Crippen LogP contribution in [0, 0.1) is 0 Å². The second-order valence-corrected chi connectivity index (χ2v) is 6.32.